The van der Waals surface area contributed by atoms with E-state index in [-0.39, 0.29) is 12.3 Å². The van der Waals surface area contributed by atoms with Gasteiger partial charge in [0.1, 0.15) is 10.8 Å². The molecule has 6 heteroatoms. The standard InChI is InChI=1S/C23H19N3O2S/c1-28-21-5-3-2-4-19(21)25-22(27)14-16-6-8-17(9-7-16)20-15-29-23(26-20)18-10-12-24-13-11-18/h2-13,15H,14H2,1H3,(H,25,27). The zero-order chi connectivity index (χ0) is 20.1. The molecule has 0 aliphatic heterocycles. The molecule has 5 nitrogen and oxygen atoms in total. The third kappa shape index (κ3) is 4.50. The number of rotatable bonds is 6. The average Bonchev–Trinajstić information content (AvgIpc) is 3.25. The quantitative estimate of drug-likeness (QED) is 0.490. The van der Waals surface area contributed by atoms with E-state index in [9.17, 15) is 4.79 Å². The topological polar surface area (TPSA) is 64.1 Å². The number of hydrogen-bond donors (Lipinski definition) is 1. The van der Waals surface area contributed by atoms with Gasteiger partial charge in [-0.1, -0.05) is 36.4 Å². The van der Waals surface area contributed by atoms with E-state index in [1.807, 2.05) is 66.0 Å². The number of amides is 1. The highest BCUT2D eigenvalue weighted by Crippen LogP contribution is 2.29. The van der Waals surface area contributed by atoms with Gasteiger partial charge in [-0.05, 0) is 29.8 Å². The number of thiazole rings is 1. The minimum atomic E-state index is -0.0871. The number of carbonyl (C=O) groups is 1. The fourth-order valence-corrected chi connectivity index (χ4v) is 3.79. The Bertz CT molecular complexity index is 1110. The van der Waals surface area contributed by atoms with Gasteiger partial charge in [-0.25, -0.2) is 4.98 Å². The highest BCUT2D eigenvalue weighted by Gasteiger charge is 2.10. The van der Waals surface area contributed by atoms with Gasteiger partial charge in [0.25, 0.3) is 0 Å². The van der Waals surface area contributed by atoms with Crippen LogP contribution in [0.2, 0.25) is 0 Å². The van der Waals surface area contributed by atoms with Gasteiger partial charge in [-0.3, -0.25) is 9.78 Å². The first kappa shape index (κ1) is 18.8. The predicted molar refractivity (Wildman–Crippen MR) is 116 cm³/mol. The Morgan fingerprint density at radius 1 is 1.00 bits per heavy atom. The summed E-state index contributed by atoms with van der Waals surface area (Å²) in [5, 5.41) is 5.90. The number of carbonyl (C=O) groups excluding carboxylic acids is 1. The number of benzene rings is 2. The molecule has 4 rings (SSSR count). The van der Waals surface area contributed by atoms with Gasteiger partial charge in [0.05, 0.1) is 24.9 Å². The lowest BCUT2D eigenvalue weighted by Crippen LogP contribution is -2.14. The fourth-order valence-electron chi connectivity index (χ4n) is 2.95. The third-order valence-electron chi connectivity index (χ3n) is 4.43. The Morgan fingerprint density at radius 3 is 2.52 bits per heavy atom. The number of methoxy groups -OCH3 is 1. The predicted octanol–water partition coefficient (Wildman–Crippen LogP) is 5.06. The molecule has 0 aliphatic carbocycles. The van der Waals surface area contributed by atoms with Crippen LogP contribution < -0.4 is 10.1 Å². The number of aromatic nitrogens is 2. The van der Waals surface area contributed by atoms with E-state index in [0.717, 1.165) is 27.4 Å². The second-order valence-electron chi connectivity index (χ2n) is 6.40. The Balaban J connectivity index is 1.43. The summed E-state index contributed by atoms with van der Waals surface area (Å²) in [4.78, 5) is 21.1. The molecule has 144 valence electrons. The Hall–Kier alpha value is -3.51. The SMILES string of the molecule is COc1ccccc1NC(=O)Cc1ccc(-c2csc(-c3ccncc3)n2)cc1. The molecular weight excluding hydrogens is 382 g/mol. The second kappa shape index (κ2) is 8.67. The van der Waals surface area contributed by atoms with Gasteiger partial charge in [0, 0.05) is 28.9 Å². The molecule has 29 heavy (non-hydrogen) atoms. The molecule has 0 bridgehead atoms. The molecule has 0 saturated heterocycles. The molecule has 2 heterocycles. The number of pyridine rings is 1. The maximum absolute atomic E-state index is 12.4. The van der Waals surface area contributed by atoms with Crippen molar-refractivity contribution in [2.75, 3.05) is 12.4 Å². The van der Waals surface area contributed by atoms with Crippen molar-refractivity contribution in [1.82, 2.24) is 9.97 Å². The second-order valence-corrected chi connectivity index (χ2v) is 7.25. The molecule has 0 radical (unpaired) electrons. The molecule has 0 aliphatic rings. The summed E-state index contributed by atoms with van der Waals surface area (Å²) in [6.07, 6.45) is 3.82. The molecule has 0 unspecified atom stereocenters. The molecule has 1 N–H and O–H groups in total. The van der Waals surface area contributed by atoms with Crippen LogP contribution in [0.25, 0.3) is 21.8 Å². The highest BCUT2D eigenvalue weighted by molar-refractivity contribution is 7.13. The summed E-state index contributed by atoms with van der Waals surface area (Å²) in [7, 11) is 1.59. The number of ether oxygens (including phenoxy) is 1. The molecule has 1 amide bonds. The lowest BCUT2D eigenvalue weighted by molar-refractivity contribution is -0.115. The molecule has 0 fully saturated rings. The number of nitrogens with zero attached hydrogens (tertiary/aromatic N) is 2. The summed E-state index contributed by atoms with van der Waals surface area (Å²) in [5.74, 6) is 0.556. The van der Waals surface area contributed by atoms with E-state index in [2.05, 4.69) is 10.3 Å². The van der Waals surface area contributed by atoms with Crippen LogP contribution in [-0.2, 0) is 11.2 Å². The lowest BCUT2D eigenvalue weighted by Gasteiger charge is -2.10. The van der Waals surface area contributed by atoms with Crippen LogP contribution in [0.1, 0.15) is 5.56 Å². The normalized spacial score (nSPS) is 10.5. The number of hydrogen-bond acceptors (Lipinski definition) is 5. The molecule has 2 aromatic carbocycles. The smallest absolute Gasteiger partial charge is 0.228 e. The first-order valence-electron chi connectivity index (χ1n) is 9.11. The summed E-state index contributed by atoms with van der Waals surface area (Å²) in [6.45, 7) is 0. The zero-order valence-corrected chi connectivity index (χ0v) is 16.6. The average molecular weight is 401 g/mol. The van der Waals surface area contributed by atoms with Crippen molar-refractivity contribution in [2.24, 2.45) is 0 Å². The fraction of sp³-hybridized carbons (Fsp3) is 0.0870. The van der Waals surface area contributed by atoms with Crippen LogP contribution in [0.15, 0.2) is 78.4 Å². The van der Waals surface area contributed by atoms with Gasteiger partial charge < -0.3 is 10.1 Å². The highest BCUT2D eigenvalue weighted by atomic mass is 32.1. The maximum atomic E-state index is 12.4. The summed E-state index contributed by atoms with van der Waals surface area (Å²) < 4.78 is 5.27. The Morgan fingerprint density at radius 2 is 1.76 bits per heavy atom. The maximum Gasteiger partial charge on any atom is 0.228 e. The van der Waals surface area contributed by atoms with Crippen molar-refractivity contribution in [3.05, 3.63) is 84.0 Å². The van der Waals surface area contributed by atoms with E-state index >= 15 is 0 Å². The van der Waals surface area contributed by atoms with Crippen molar-refractivity contribution in [3.63, 3.8) is 0 Å². The monoisotopic (exact) mass is 401 g/mol. The Labute approximate surface area is 173 Å². The van der Waals surface area contributed by atoms with Gasteiger partial charge in [-0.2, -0.15) is 0 Å². The van der Waals surface area contributed by atoms with Gasteiger partial charge in [-0.15, -0.1) is 11.3 Å². The van der Waals surface area contributed by atoms with Crippen molar-refractivity contribution in [2.45, 2.75) is 6.42 Å². The molecule has 0 atom stereocenters. The van der Waals surface area contributed by atoms with Crippen LogP contribution in [0.5, 0.6) is 5.75 Å². The van der Waals surface area contributed by atoms with Crippen molar-refractivity contribution < 1.29 is 9.53 Å². The van der Waals surface area contributed by atoms with Crippen LogP contribution >= 0.6 is 11.3 Å². The van der Waals surface area contributed by atoms with E-state index < -0.39 is 0 Å². The largest absolute Gasteiger partial charge is 0.495 e. The third-order valence-corrected chi connectivity index (χ3v) is 5.32. The molecule has 0 spiro atoms. The molecule has 0 saturated carbocycles. The van der Waals surface area contributed by atoms with E-state index in [1.54, 1.807) is 30.8 Å². The zero-order valence-electron chi connectivity index (χ0n) is 15.8. The van der Waals surface area contributed by atoms with Crippen LogP contribution in [0.3, 0.4) is 0 Å². The lowest BCUT2D eigenvalue weighted by atomic mass is 10.1. The van der Waals surface area contributed by atoms with Crippen LogP contribution in [0, 0.1) is 0 Å². The van der Waals surface area contributed by atoms with Crippen molar-refractivity contribution in [1.29, 1.82) is 0 Å². The summed E-state index contributed by atoms with van der Waals surface area (Å²) in [5.41, 5.74) is 4.61. The number of para-hydroxylation sites is 2. The van der Waals surface area contributed by atoms with Crippen molar-refractivity contribution in [3.8, 4) is 27.6 Å². The van der Waals surface area contributed by atoms with Crippen LogP contribution in [-0.4, -0.2) is 23.0 Å². The number of nitrogens with one attached hydrogen (secondary N) is 1. The number of anilines is 1. The Kier molecular flexibility index (Phi) is 5.63. The van der Waals surface area contributed by atoms with Crippen LogP contribution in [0.4, 0.5) is 5.69 Å². The molecular formula is C23H19N3O2S. The summed E-state index contributed by atoms with van der Waals surface area (Å²) in [6, 6.07) is 19.2. The molecule has 2 aromatic heterocycles. The first-order chi connectivity index (χ1) is 14.2. The minimum absolute atomic E-state index is 0.0871. The minimum Gasteiger partial charge on any atom is -0.495 e. The van der Waals surface area contributed by atoms with Gasteiger partial charge >= 0.3 is 0 Å². The molecule has 4 aromatic rings. The van der Waals surface area contributed by atoms with Gasteiger partial charge in [0.2, 0.25) is 5.91 Å². The van der Waals surface area contributed by atoms with E-state index in [0.29, 0.717) is 11.4 Å². The van der Waals surface area contributed by atoms with Crippen molar-refractivity contribution >= 4 is 22.9 Å². The van der Waals surface area contributed by atoms with Gasteiger partial charge in [0.15, 0.2) is 0 Å². The van der Waals surface area contributed by atoms with E-state index in [4.69, 9.17) is 9.72 Å². The summed E-state index contributed by atoms with van der Waals surface area (Å²) >= 11 is 1.60. The first-order valence-corrected chi connectivity index (χ1v) is 9.99. The van der Waals surface area contributed by atoms with E-state index in [1.165, 1.54) is 0 Å².